The highest BCUT2D eigenvalue weighted by Crippen LogP contribution is 2.32. The minimum absolute atomic E-state index is 0.0303. The van der Waals surface area contributed by atoms with E-state index in [2.05, 4.69) is 5.32 Å². The average Bonchev–Trinajstić information content (AvgIpc) is 3.39. The van der Waals surface area contributed by atoms with Crippen LogP contribution in [0.5, 0.6) is 0 Å². The zero-order chi connectivity index (χ0) is 25.7. The maximum atomic E-state index is 15.2. The van der Waals surface area contributed by atoms with Gasteiger partial charge >= 0.3 is 11.7 Å². The number of benzene rings is 1. The van der Waals surface area contributed by atoms with E-state index in [9.17, 15) is 19.2 Å². The second-order valence-electron chi connectivity index (χ2n) is 9.76. The quantitative estimate of drug-likeness (QED) is 0.396. The summed E-state index contributed by atoms with van der Waals surface area (Å²) in [5, 5.41) is 3.44. The fourth-order valence-corrected chi connectivity index (χ4v) is 5.46. The molecule has 0 bridgehead atoms. The van der Waals surface area contributed by atoms with Gasteiger partial charge in [0.1, 0.15) is 12.4 Å². The van der Waals surface area contributed by atoms with Gasteiger partial charge in [-0.1, -0.05) is 32.1 Å². The van der Waals surface area contributed by atoms with Crippen LogP contribution in [0.2, 0.25) is 0 Å². The van der Waals surface area contributed by atoms with Gasteiger partial charge in [-0.3, -0.25) is 23.5 Å². The van der Waals surface area contributed by atoms with Crippen molar-refractivity contribution in [2.75, 3.05) is 25.0 Å². The molecule has 1 N–H and O–H groups in total. The summed E-state index contributed by atoms with van der Waals surface area (Å²) in [6.07, 6.45) is 9.35. The van der Waals surface area contributed by atoms with Crippen molar-refractivity contribution in [2.24, 2.45) is 0 Å². The lowest BCUT2D eigenvalue weighted by Gasteiger charge is -2.25. The van der Waals surface area contributed by atoms with Gasteiger partial charge < -0.3 is 15.0 Å². The summed E-state index contributed by atoms with van der Waals surface area (Å²) < 4.78 is 22.7. The molecular weight excluding hydrogens is 467 g/mol. The van der Waals surface area contributed by atoms with Crippen LogP contribution >= 0.6 is 0 Å². The molecule has 36 heavy (non-hydrogen) atoms. The molecule has 4 rings (SSSR count). The second kappa shape index (κ2) is 11.7. The number of carbonyl (C=O) groups is 2. The highest BCUT2D eigenvalue weighted by molar-refractivity contribution is 5.82. The average molecular weight is 503 g/mol. The number of ether oxygens (including phenoxy) is 1. The summed E-state index contributed by atoms with van der Waals surface area (Å²) in [4.78, 5) is 51.4. The number of halogens is 1. The number of rotatable bonds is 10. The van der Waals surface area contributed by atoms with Crippen LogP contribution in [0.15, 0.2) is 21.7 Å². The topological polar surface area (TPSA) is 103 Å². The van der Waals surface area contributed by atoms with Gasteiger partial charge in [0.15, 0.2) is 0 Å². The van der Waals surface area contributed by atoms with Gasteiger partial charge in [0.25, 0.3) is 5.56 Å². The largest absolute Gasteiger partial charge is 0.465 e. The third-order valence-corrected chi connectivity index (χ3v) is 7.31. The van der Waals surface area contributed by atoms with E-state index in [0.29, 0.717) is 17.6 Å². The first kappa shape index (κ1) is 25.9. The van der Waals surface area contributed by atoms with Crippen LogP contribution in [0.25, 0.3) is 10.9 Å². The molecule has 1 aromatic heterocycles. The molecule has 0 unspecified atom stereocenters. The minimum Gasteiger partial charge on any atom is -0.465 e. The molecule has 2 saturated carbocycles. The van der Waals surface area contributed by atoms with E-state index >= 15 is 4.39 Å². The van der Waals surface area contributed by atoms with Crippen LogP contribution in [-0.2, 0) is 20.9 Å². The van der Waals surface area contributed by atoms with Crippen molar-refractivity contribution in [1.82, 2.24) is 14.0 Å². The molecule has 9 nitrogen and oxygen atoms in total. The lowest BCUT2D eigenvalue weighted by molar-refractivity contribution is -0.146. The normalized spacial score (nSPS) is 16.8. The van der Waals surface area contributed by atoms with Crippen molar-refractivity contribution >= 4 is 29.0 Å². The van der Waals surface area contributed by atoms with Crippen molar-refractivity contribution in [3.8, 4) is 0 Å². The molecule has 0 aliphatic heterocycles. The van der Waals surface area contributed by atoms with Crippen molar-refractivity contribution < 1.29 is 18.7 Å². The number of nitrogens with zero attached hydrogens (tertiary/aromatic N) is 3. The Bertz CT molecular complexity index is 1210. The van der Waals surface area contributed by atoms with Gasteiger partial charge in [0, 0.05) is 25.2 Å². The molecule has 0 saturated heterocycles. The number of nitrogens with one attached hydrogen (secondary N) is 1. The first-order chi connectivity index (χ1) is 17.4. The zero-order valence-electron chi connectivity index (χ0n) is 20.8. The molecule has 1 aromatic carbocycles. The summed E-state index contributed by atoms with van der Waals surface area (Å²) in [6, 6.07) is 2.93. The highest BCUT2D eigenvalue weighted by Gasteiger charge is 2.25. The molecule has 2 fully saturated rings. The number of hydrogen-bond donors (Lipinski definition) is 1. The summed E-state index contributed by atoms with van der Waals surface area (Å²) in [7, 11) is 0. The molecule has 1 heterocycles. The Morgan fingerprint density at radius 3 is 2.50 bits per heavy atom. The summed E-state index contributed by atoms with van der Waals surface area (Å²) in [5.74, 6) is -1.09. The number of aromatic nitrogens is 2. The zero-order valence-corrected chi connectivity index (χ0v) is 20.8. The van der Waals surface area contributed by atoms with Crippen molar-refractivity contribution in [1.29, 1.82) is 0 Å². The summed E-state index contributed by atoms with van der Waals surface area (Å²) >= 11 is 0. The third kappa shape index (κ3) is 5.63. The van der Waals surface area contributed by atoms with Gasteiger partial charge in [-0.25, -0.2) is 9.18 Å². The van der Waals surface area contributed by atoms with E-state index in [1.54, 1.807) is 17.6 Å². The predicted octanol–water partition coefficient (Wildman–Crippen LogP) is 3.18. The van der Waals surface area contributed by atoms with Crippen LogP contribution < -0.4 is 16.6 Å². The molecule has 196 valence electrons. The maximum absolute atomic E-state index is 15.2. The number of hydrogen-bond acceptors (Lipinski definition) is 6. The van der Waals surface area contributed by atoms with Crippen LogP contribution in [0.1, 0.15) is 70.8 Å². The van der Waals surface area contributed by atoms with Crippen LogP contribution in [0.4, 0.5) is 10.1 Å². The molecule has 0 spiro atoms. The van der Waals surface area contributed by atoms with Crippen LogP contribution in [-0.4, -0.2) is 52.2 Å². The van der Waals surface area contributed by atoms with Gasteiger partial charge in [-0.2, -0.15) is 0 Å². The first-order valence-electron chi connectivity index (χ1n) is 13.0. The Hall–Kier alpha value is -3.17. The summed E-state index contributed by atoms with van der Waals surface area (Å²) in [6.45, 7) is 1.43. The van der Waals surface area contributed by atoms with Crippen LogP contribution in [0.3, 0.4) is 0 Å². The Morgan fingerprint density at radius 2 is 1.83 bits per heavy atom. The fourth-order valence-electron chi connectivity index (χ4n) is 5.46. The second-order valence-corrected chi connectivity index (χ2v) is 9.76. The monoisotopic (exact) mass is 502 g/mol. The van der Waals surface area contributed by atoms with Crippen LogP contribution in [0, 0.1) is 5.82 Å². The predicted molar refractivity (Wildman–Crippen MR) is 135 cm³/mol. The van der Waals surface area contributed by atoms with E-state index < -0.39 is 23.0 Å². The van der Waals surface area contributed by atoms with E-state index in [4.69, 9.17) is 4.74 Å². The molecule has 0 radical (unpaired) electrons. The Kier molecular flexibility index (Phi) is 8.43. The maximum Gasteiger partial charge on any atom is 0.331 e. The number of carbonyl (C=O) groups excluding carboxylic acids is 2. The van der Waals surface area contributed by atoms with Gasteiger partial charge in [-0.15, -0.1) is 0 Å². The number of fused-ring (bicyclic) bond motifs is 1. The summed E-state index contributed by atoms with van der Waals surface area (Å²) in [5.41, 5.74) is -0.322. The third-order valence-electron chi connectivity index (χ3n) is 7.31. The standard InChI is InChI=1S/C26H35FN4O5/c1-2-36-24(33)16-29(17-32)12-13-30-25(34)20-14-21(27)22(28-18-8-4-3-5-9-18)15-23(20)31(26(30)35)19-10-6-7-11-19/h14-15,17-19,28H,2-13,16H2,1H3. The molecule has 10 heteroatoms. The number of anilines is 1. The van der Waals surface area contributed by atoms with Crippen molar-refractivity contribution in [3.05, 3.63) is 38.8 Å². The lowest BCUT2D eigenvalue weighted by atomic mass is 9.95. The molecule has 2 aromatic rings. The van der Waals surface area contributed by atoms with E-state index in [1.165, 1.54) is 12.5 Å². The molecule has 1 amide bonds. The van der Waals surface area contributed by atoms with Gasteiger partial charge in [0.05, 0.1) is 23.2 Å². The van der Waals surface area contributed by atoms with Gasteiger partial charge in [-0.05, 0) is 44.7 Å². The lowest BCUT2D eigenvalue weighted by Crippen LogP contribution is -2.44. The highest BCUT2D eigenvalue weighted by atomic mass is 19.1. The Labute approximate surface area is 209 Å². The fraction of sp³-hybridized carbons (Fsp3) is 0.615. The first-order valence-corrected chi connectivity index (χ1v) is 13.0. The van der Waals surface area contributed by atoms with E-state index in [-0.39, 0.29) is 43.7 Å². The van der Waals surface area contributed by atoms with E-state index in [0.717, 1.165) is 60.8 Å². The molecule has 0 atom stereocenters. The molecular formula is C26H35FN4O5. The van der Waals surface area contributed by atoms with Crippen molar-refractivity contribution in [2.45, 2.75) is 83.3 Å². The smallest absolute Gasteiger partial charge is 0.331 e. The number of esters is 1. The SMILES string of the molecule is CCOC(=O)CN(C=O)CCn1c(=O)c2cc(F)c(NC3CCCCC3)cc2n(C2CCCC2)c1=O. The number of amides is 1. The Morgan fingerprint density at radius 1 is 1.14 bits per heavy atom. The minimum atomic E-state index is -0.602. The molecule has 2 aliphatic rings. The van der Waals surface area contributed by atoms with Gasteiger partial charge in [0.2, 0.25) is 6.41 Å². The molecule has 2 aliphatic carbocycles. The van der Waals surface area contributed by atoms with E-state index in [1.807, 2.05) is 0 Å². The van der Waals surface area contributed by atoms with Crippen molar-refractivity contribution in [3.63, 3.8) is 0 Å². The Balaban J connectivity index is 1.72.